The number of carbonyl (C=O) groups is 1. The summed E-state index contributed by atoms with van der Waals surface area (Å²) in [6.07, 6.45) is 7.52. The van der Waals surface area contributed by atoms with E-state index in [0.29, 0.717) is 27.3 Å². The number of nitro benzene ring substituents is 1. The van der Waals surface area contributed by atoms with Crippen LogP contribution in [0.5, 0.6) is 5.88 Å². The summed E-state index contributed by atoms with van der Waals surface area (Å²) in [4.78, 5) is 25.4. The Morgan fingerprint density at radius 1 is 1.24 bits per heavy atom. The van der Waals surface area contributed by atoms with E-state index in [0.717, 1.165) is 25.7 Å². The minimum atomic E-state index is -0.417. The van der Waals surface area contributed by atoms with Crippen LogP contribution in [-0.4, -0.2) is 20.7 Å². The number of hydrogen-bond acceptors (Lipinski definition) is 6. The maximum atomic E-state index is 13.2. The van der Waals surface area contributed by atoms with E-state index in [1.54, 1.807) is 22.9 Å². The molecule has 3 rings (SSSR count). The minimum Gasteiger partial charge on any atom is -0.406 e. The van der Waals surface area contributed by atoms with E-state index in [1.165, 1.54) is 37.1 Å². The molecule has 180 valence electrons. The molecular formula is C25H35N3O4S. The molecule has 2 aromatic rings. The molecule has 1 fully saturated rings. The number of para-hydroxylation sites is 1. The number of rotatable bonds is 8. The Morgan fingerprint density at radius 2 is 1.91 bits per heavy atom. The van der Waals surface area contributed by atoms with Crippen LogP contribution in [0.3, 0.4) is 0 Å². The zero-order valence-corrected chi connectivity index (χ0v) is 21.1. The van der Waals surface area contributed by atoms with Crippen molar-refractivity contribution >= 4 is 23.4 Å². The molecule has 1 aromatic heterocycles. The molecule has 0 bridgehead atoms. The van der Waals surface area contributed by atoms with Gasteiger partial charge in [-0.3, -0.25) is 14.9 Å². The molecule has 7 nitrogen and oxygen atoms in total. The molecule has 1 aromatic carbocycles. The summed E-state index contributed by atoms with van der Waals surface area (Å²) in [5.41, 5.74) is 0.284. The largest absolute Gasteiger partial charge is 0.406 e. The van der Waals surface area contributed by atoms with Gasteiger partial charge in [-0.1, -0.05) is 50.1 Å². The van der Waals surface area contributed by atoms with Crippen molar-refractivity contribution < 1.29 is 14.5 Å². The fraction of sp³-hybridized carbons (Fsp3) is 0.600. The van der Waals surface area contributed by atoms with Crippen LogP contribution in [0.4, 0.5) is 5.69 Å². The average Bonchev–Trinajstić information content (AvgIpc) is 3.08. The van der Waals surface area contributed by atoms with Crippen molar-refractivity contribution in [1.29, 1.82) is 0 Å². The van der Waals surface area contributed by atoms with Gasteiger partial charge in [0.2, 0.25) is 5.88 Å². The summed E-state index contributed by atoms with van der Waals surface area (Å²) < 4.78 is 7.75. The zero-order valence-electron chi connectivity index (χ0n) is 20.3. The first-order chi connectivity index (χ1) is 15.6. The number of esters is 1. The quantitative estimate of drug-likeness (QED) is 0.235. The summed E-state index contributed by atoms with van der Waals surface area (Å²) in [6, 6.07) is 6.60. The summed E-state index contributed by atoms with van der Waals surface area (Å²) in [5.74, 6) is 0.747. The van der Waals surface area contributed by atoms with Crippen molar-refractivity contribution in [2.45, 2.75) is 94.9 Å². The van der Waals surface area contributed by atoms with Crippen LogP contribution in [0, 0.1) is 28.9 Å². The molecule has 0 unspecified atom stereocenters. The molecule has 33 heavy (non-hydrogen) atoms. The normalized spacial score (nSPS) is 18.8. The van der Waals surface area contributed by atoms with E-state index in [9.17, 15) is 14.9 Å². The van der Waals surface area contributed by atoms with Gasteiger partial charge in [0.25, 0.3) is 5.69 Å². The maximum Gasteiger partial charge on any atom is 0.315 e. The van der Waals surface area contributed by atoms with Crippen LogP contribution in [0.2, 0.25) is 0 Å². The first-order valence-electron chi connectivity index (χ1n) is 11.8. The molecule has 0 spiro atoms. The molecule has 1 aliphatic rings. The zero-order chi connectivity index (χ0) is 24.2. The highest BCUT2D eigenvalue weighted by Gasteiger charge is 2.32. The van der Waals surface area contributed by atoms with E-state index in [-0.39, 0.29) is 17.6 Å². The highest BCUT2D eigenvalue weighted by Crippen LogP contribution is 2.43. The summed E-state index contributed by atoms with van der Waals surface area (Å²) in [6.45, 7) is 10.0. The first kappa shape index (κ1) is 25.3. The fourth-order valence-electron chi connectivity index (χ4n) is 4.32. The Kier molecular flexibility index (Phi) is 8.21. The molecule has 8 heteroatoms. The van der Waals surface area contributed by atoms with Gasteiger partial charge in [-0.25, -0.2) is 4.68 Å². The highest BCUT2D eigenvalue weighted by molar-refractivity contribution is 7.99. The molecule has 0 N–H and O–H groups in total. The lowest BCUT2D eigenvalue weighted by molar-refractivity contribution is -0.387. The molecule has 0 amide bonds. The highest BCUT2D eigenvalue weighted by atomic mass is 32.2. The summed E-state index contributed by atoms with van der Waals surface area (Å²) >= 11 is 1.23. The van der Waals surface area contributed by atoms with E-state index in [2.05, 4.69) is 12.0 Å². The minimum absolute atomic E-state index is 0.0214. The molecule has 0 radical (unpaired) electrons. The molecule has 1 heterocycles. The van der Waals surface area contributed by atoms with E-state index < -0.39 is 10.5 Å². The first-order valence-corrected chi connectivity index (χ1v) is 12.7. The Balaban J connectivity index is 1.85. The number of ether oxygens (including phenoxy) is 1. The van der Waals surface area contributed by atoms with Crippen LogP contribution >= 0.6 is 11.8 Å². The lowest BCUT2D eigenvalue weighted by atomic mass is 9.80. The number of aromatic nitrogens is 2. The predicted molar refractivity (Wildman–Crippen MR) is 130 cm³/mol. The van der Waals surface area contributed by atoms with Crippen molar-refractivity contribution in [3.05, 3.63) is 40.1 Å². The van der Waals surface area contributed by atoms with Gasteiger partial charge >= 0.3 is 5.97 Å². The van der Waals surface area contributed by atoms with Crippen LogP contribution in [-0.2, 0) is 10.3 Å². The average molecular weight is 474 g/mol. The number of aryl methyl sites for hydroxylation is 1. The Labute approximate surface area is 200 Å². The van der Waals surface area contributed by atoms with Crippen molar-refractivity contribution in [1.82, 2.24) is 9.78 Å². The van der Waals surface area contributed by atoms with E-state index in [4.69, 9.17) is 4.74 Å². The van der Waals surface area contributed by atoms with Gasteiger partial charge in [0, 0.05) is 6.07 Å². The fourth-order valence-corrected chi connectivity index (χ4v) is 5.33. The van der Waals surface area contributed by atoms with Gasteiger partial charge in [0.1, 0.15) is 0 Å². The number of hydrogen-bond donors (Lipinski definition) is 0. The lowest BCUT2D eigenvalue weighted by Crippen LogP contribution is -2.29. The SMILES string of the molecule is CCCCC1CCC(C(=O)Oc2c(Sc3ccccc3[N+](=O)[O-])c(C)nn2C(C)(C)C)CC1. The number of nitro groups is 1. The molecule has 0 saturated heterocycles. The number of nitrogens with zero attached hydrogens (tertiary/aromatic N) is 3. The topological polar surface area (TPSA) is 87.3 Å². The Bertz CT molecular complexity index is 988. The van der Waals surface area contributed by atoms with Gasteiger partial charge < -0.3 is 4.74 Å². The number of carbonyl (C=O) groups excluding carboxylic acids is 1. The monoisotopic (exact) mass is 473 g/mol. The van der Waals surface area contributed by atoms with Crippen LogP contribution in [0.15, 0.2) is 34.1 Å². The third kappa shape index (κ3) is 6.16. The second-order valence-electron chi connectivity index (χ2n) is 9.91. The predicted octanol–water partition coefficient (Wildman–Crippen LogP) is 6.91. The van der Waals surface area contributed by atoms with Gasteiger partial charge in [-0.15, -0.1) is 0 Å². The van der Waals surface area contributed by atoms with Crippen molar-refractivity contribution in [2.24, 2.45) is 11.8 Å². The standard InChI is InChI=1S/C25H35N3O4S/c1-6-7-10-18-13-15-19(16-14-18)24(29)32-23-22(17(2)26-27(23)25(3,4)5)33-21-12-9-8-11-20(21)28(30)31/h8-9,11-12,18-19H,6-7,10,13-16H2,1-5H3. The van der Waals surface area contributed by atoms with Crippen molar-refractivity contribution in [2.75, 3.05) is 0 Å². The molecule has 0 aliphatic heterocycles. The van der Waals surface area contributed by atoms with Gasteiger partial charge in [0.15, 0.2) is 0 Å². The Hall–Kier alpha value is -2.35. The third-order valence-electron chi connectivity index (χ3n) is 6.22. The third-order valence-corrected chi connectivity index (χ3v) is 7.46. The van der Waals surface area contributed by atoms with Crippen LogP contribution < -0.4 is 4.74 Å². The second kappa shape index (κ2) is 10.7. The number of unbranched alkanes of at least 4 members (excludes halogenated alkanes) is 1. The van der Waals surface area contributed by atoms with E-state index >= 15 is 0 Å². The molecule has 1 saturated carbocycles. The molecule has 0 atom stereocenters. The van der Waals surface area contributed by atoms with Crippen LogP contribution in [0.25, 0.3) is 0 Å². The molecular weight excluding hydrogens is 438 g/mol. The van der Waals surface area contributed by atoms with Gasteiger partial charge in [-0.2, -0.15) is 5.10 Å². The van der Waals surface area contributed by atoms with Crippen molar-refractivity contribution in [3.63, 3.8) is 0 Å². The smallest absolute Gasteiger partial charge is 0.315 e. The summed E-state index contributed by atoms with van der Waals surface area (Å²) in [7, 11) is 0. The van der Waals surface area contributed by atoms with E-state index in [1.807, 2.05) is 27.7 Å². The maximum absolute atomic E-state index is 13.2. The summed E-state index contributed by atoms with van der Waals surface area (Å²) in [5, 5.41) is 16.2. The Morgan fingerprint density at radius 3 is 2.52 bits per heavy atom. The van der Waals surface area contributed by atoms with Crippen molar-refractivity contribution in [3.8, 4) is 5.88 Å². The molecule has 1 aliphatic carbocycles. The van der Waals surface area contributed by atoms with Gasteiger partial charge in [0.05, 0.1) is 31.9 Å². The van der Waals surface area contributed by atoms with Gasteiger partial charge in [-0.05, 0) is 65.4 Å². The number of benzene rings is 1. The lowest BCUT2D eigenvalue weighted by Gasteiger charge is -2.28. The second-order valence-corrected chi connectivity index (χ2v) is 11.0. The van der Waals surface area contributed by atoms with Crippen LogP contribution in [0.1, 0.15) is 78.3 Å².